The van der Waals surface area contributed by atoms with Crippen LogP contribution in [0.2, 0.25) is 0 Å². The molecule has 5 heterocycles. The number of hydrogen-bond donors (Lipinski definition) is 4. The summed E-state index contributed by atoms with van der Waals surface area (Å²) in [4.78, 5) is 19.7. The van der Waals surface area contributed by atoms with Crippen LogP contribution in [0.3, 0.4) is 0 Å². The van der Waals surface area contributed by atoms with E-state index in [1.807, 2.05) is 29.3 Å². The number of nitrogens with zero attached hydrogens (tertiary/aromatic N) is 5. The smallest absolute Gasteiger partial charge is 0.246 e. The quantitative estimate of drug-likeness (QED) is 0.510. The van der Waals surface area contributed by atoms with Crippen molar-refractivity contribution in [2.75, 3.05) is 29.9 Å². The lowest BCUT2D eigenvalue weighted by atomic mass is 10.1. The first-order valence-electron chi connectivity index (χ1n) is 10.2. The van der Waals surface area contributed by atoms with Crippen LogP contribution in [0.1, 0.15) is 25.7 Å². The van der Waals surface area contributed by atoms with Gasteiger partial charge in [0.15, 0.2) is 11.6 Å². The Hall–Kier alpha value is -3.14. The third-order valence-electron chi connectivity index (χ3n) is 5.58. The van der Waals surface area contributed by atoms with Crippen molar-refractivity contribution in [3.8, 4) is 0 Å². The number of anilines is 3. The zero-order valence-electron chi connectivity index (χ0n) is 16.1. The van der Waals surface area contributed by atoms with Gasteiger partial charge in [0.05, 0.1) is 0 Å². The summed E-state index contributed by atoms with van der Waals surface area (Å²) in [6.07, 6.45) is 7.50. The molecule has 29 heavy (non-hydrogen) atoms. The Kier molecular flexibility index (Phi) is 4.76. The molecule has 0 aromatic carbocycles. The largest absolute Gasteiger partial charge is 0.350 e. The average molecular weight is 395 g/mol. The third-order valence-corrected chi connectivity index (χ3v) is 5.58. The molecule has 5 rings (SSSR count). The van der Waals surface area contributed by atoms with Gasteiger partial charge in [0.2, 0.25) is 11.9 Å². The highest BCUT2D eigenvalue weighted by Gasteiger charge is 2.34. The highest BCUT2D eigenvalue weighted by molar-refractivity contribution is 5.86. The molecule has 0 saturated carbocycles. The number of hydrogen-bond acceptors (Lipinski definition) is 7. The molecular weight excluding hydrogens is 370 g/mol. The van der Waals surface area contributed by atoms with Crippen molar-refractivity contribution in [3.05, 3.63) is 30.6 Å². The molecule has 2 unspecified atom stereocenters. The molecule has 4 N–H and O–H groups in total. The van der Waals surface area contributed by atoms with Crippen molar-refractivity contribution in [3.63, 3.8) is 0 Å². The zero-order valence-corrected chi connectivity index (χ0v) is 16.1. The Morgan fingerprint density at radius 3 is 3.03 bits per heavy atom. The standard InChI is InChI=1S/C19H25N9O/c29-18(22-13-4-1-8-20-12-13)15-6-2-10-27(15)19-24-17(23-16-7-9-21-25-16)14-5-3-11-28(14)26-19/h3,5,7,9,11,13,15,20H,1-2,4,6,8,10,12H2,(H,22,29)(H2,21,23,24,25,26). The molecule has 3 aromatic rings. The van der Waals surface area contributed by atoms with Crippen molar-refractivity contribution >= 4 is 29.0 Å². The van der Waals surface area contributed by atoms with E-state index in [4.69, 9.17) is 4.98 Å². The molecule has 2 aliphatic heterocycles. The molecule has 2 atom stereocenters. The number of fused-ring (bicyclic) bond motifs is 1. The molecule has 1 amide bonds. The van der Waals surface area contributed by atoms with Gasteiger partial charge < -0.3 is 20.9 Å². The van der Waals surface area contributed by atoms with Gasteiger partial charge in [-0.05, 0) is 44.4 Å². The van der Waals surface area contributed by atoms with Crippen LogP contribution in [-0.4, -0.2) is 62.4 Å². The van der Waals surface area contributed by atoms with Gasteiger partial charge in [-0.25, -0.2) is 4.52 Å². The average Bonchev–Trinajstić information content (AvgIpc) is 3.49. The van der Waals surface area contributed by atoms with Crippen LogP contribution in [0, 0.1) is 0 Å². The lowest BCUT2D eigenvalue weighted by Gasteiger charge is -2.28. The van der Waals surface area contributed by atoms with E-state index in [1.165, 1.54) is 0 Å². The van der Waals surface area contributed by atoms with Crippen molar-refractivity contribution < 1.29 is 4.79 Å². The van der Waals surface area contributed by atoms with E-state index in [1.54, 1.807) is 10.7 Å². The van der Waals surface area contributed by atoms with Crippen LogP contribution in [0.5, 0.6) is 0 Å². The van der Waals surface area contributed by atoms with E-state index in [2.05, 4.69) is 31.2 Å². The maximum atomic E-state index is 13.0. The van der Waals surface area contributed by atoms with Gasteiger partial charge >= 0.3 is 0 Å². The predicted molar refractivity (Wildman–Crippen MR) is 109 cm³/mol. The number of carbonyl (C=O) groups is 1. The topological polar surface area (TPSA) is 115 Å². The lowest BCUT2D eigenvalue weighted by molar-refractivity contribution is -0.123. The van der Waals surface area contributed by atoms with E-state index in [-0.39, 0.29) is 18.0 Å². The molecule has 0 aliphatic carbocycles. The zero-order chi connectivity index (χ0) is 19.6. The molecule has 10 heteroatoms. The number of piperidine rings is 1. The van der Waals surface area contributed by atoms with Gasteiger partial charge in [-0.1, -0.05) is 0 Å². The maximum Gasteiger partial charge on any atom is 0.246 e. The second-order valence-corrected chi connectivity index (χ2v) is 7.59. The molecule has 10 nitrogen and oxygen atoms in total. The first-order valence-corrected chi connectivity index (χ1v) is 10.2. The molecule has 2 saturated heterocycles. The highest BCUT2D eigenvalue weighted by atomic mass is 16.2. The molecular formula is C19H25N9O. The number of amides is 1. The first kappa shape index (κ1) is 17.9. The van der Waals surface area contributed by atoms with Crippen LogP contribution < -0.4 is 20.9 Å². The summed E-state index contributed by atoms with van der Waals surface area (Å²) in [5.41, 5.74) is 0.852. The summed E-state index contributed by atoms with van der Waals surface area (Å²) in [5.74, 6) is 1.95. The Balaban J connectivity index is 1.40. The Labute approximate surface area is 168 Å². The van der Waals surface area contributed by atoms with Gasteiger partial charge in [0, 0.05) is 37.6 Å². The Morgan fingerprint density at radius 2 is 2.21 bits per heavy atom. The summed E-state index contributed by atoms with van der Waals surface area (Å²) in [6, 6.07) is 5.66. The van der Waals surface area contributed by atoms with Gasteiger partial charge in [0.1, 0.15) is 11.6 Å². The summed E-state index contributed by atoms with van der Waals surface area (Å²) in [5, 5.41) is 21.4. The van der Waals surface area contributed by atoms with Crippen LogP contribution >= 0.6 is 0 Å². The Morgan fingerprint density at radius 1 is 1.24 bits per heavy atom. The molecule has 3 aromatic heterocycles. The summed E-state index contributed by atoms with van der Waals surface area (Å²) >= 11 is 0. The molecule has 0 radical (unpaired) electrons. The van der Waals surface area contributed by atoms with Gasteiger partial charge in [0.25, 0.3) is 0 Å². The fraction of sp³-hybridized carbons (Fsp3) is 0.474. The van der Waals surface area contributed by atoms with Crippen molar-refractivity contribution in [1.82, 2.24) is 35.4 Å². The van der Waals surface area contributed by atoms with Crippen molar-refractivity contribution in [2.24, 2.45) is 0 Å². The lowest BCUT2D eigenvalue weighted by Crippen LogP contribution is -2.51. The fourth-order valence-electron chi connectivity index (χ4n) is 4.14. The number of nitrogens with one attached hydrogen (secondary N) is 4. The van der Waals surface area contributed by atoms with E-state index in [0.29, 0.717) is 17.6 Å². The third kappa shape index (κ3) is 3.63. The normalized spacial score (nSPS) is 22.1. The van der Waals surface area contributed by atoms with E-state index < -0.39 is 0 Å². The van der Waals surface area contributed by atoms with E-state index in [9.17, 15) is 4.79 Å². The van der Waals surface area contributed by atoms with Gasteiger partial charge in [-0.15, -0.1) is 5.10 Å². The molecule has 0 bridgehead atoms. The van der Waals surface area contributed by atoms with Gasteiger partial charge in [-0.2, -0.15) is 10.1 Å². The summed E-state index contributed by atoms with van der Waals surface area (Å²) in [7, 11) is 0. The first-order chi connectivity index (χ1) is 14.3. The number of rotatable bonds is 5. The number of aromatic amines is 1. The van der Waals surface area contributed by atoms with Crippen LogP contribution in [0.25, 0.3) is 5.52 Å². The summed E-state index contributed by atoms with van der Waals surface area (Å²) in [6.45, 7) is 2.62. The SMILES string of the molecule is O=C(NC1CCCNC1)C1CCCN1c1nc(Nc2cc[nH]n2)c2cccn2n1. The van der Waals surface area contributed by atoms with Crippen molar-refractivity contribution in [2.45, 2.75) is 37.8 Å². The van der Waals surface area contributed by atoms with Crippen molar-refractivity contribution in [1.29, 1.82) is 0 Å². The second kappa shape index (κ2) is 7.70. The molecule has 152 valence electrons. The van der Waals surface area contributed by atoms with Crippen LogP contribution in [-0.2, 0) is 4.79 Å². The number of carbonyl (C=O) groups excluding carboxylic acids is 1. The fourth-order valence-corrected chi connectivity index (χ4v) is 4.14. The summed E-state index contributed by atoms with van der Waals surface area (Å²) < 4.78 is 1.79. The minimum Gasteiger partial charge on any atom is -0.350 e. The minimum absolute atomic E-state index is 0.0641. The van der Waals surface area contributed by atoms with Crippen LogP contribution in [0.15, 0.2) is 30.6 Å². The highest BCUT2D eigenvalue weighted by Crippen LogP contribution is 2.26. The molecule has 2 fully saturated rings. The Bertz CT molecular complexity index is 977. The predicted octanol–water partition coefficient (Wildman–Crippen LogP) is 1.03. The maximum absolute atomic E-state index is 13.0. The number of aromatic nitrogens is 5. The van der Waals surface area contributed by atoms with E-state index >= 15 is 0 Å². The number of H-pyrrole nitrogens is 1. The van der Waals surface area contributed by atoms with Gasteiger partial charge in [-0.3, -0.25) is 9.89 Å². The van der Waals surface area contributed by atoms with E-state index in [0.717, 1.165) is 50.8 Å². The molecule has 0 spiro atoms. The molecule has 2 aliphatic rings. The van der Waals surface area contributed by atoms with Crippen LogP contribution in [0.4, 0.5) is 17.6 Å². The monoisotopic (exact) mass is 395 g/mol. The second-order valence-electron chi connectivity index (χ2n) is 7.59. The minimum atomic E-state index is -0.247.